The molecule has 0 unspecified atom stereocenters. The minimum atomic E-state index is -0.159. The molecule has 0 bridgehead atoms. The van der Waals surface area contributed by atoms with Crippen molar-refractivity contribution in [2.24, 2.45) is 0 Å². The van der Waals surface area contributed by atoms with E-state index in [1.165, 1.54) is 5.56 Å². The monoisotopic (exact) mass is 311 g/mol. The van der Waals surface area contributed by atoms with Crippen LogP contribution in [0.1, 0.15) is 50.5 Å². The first-order valence-electron chi connectivity index (χ1n) is 7.89. The van der Waals surface area contributed by atoms with Gasteiger partial charge in [0.05, 0.1) is 11.3 Å². The number of carbonyl (C=O) groups is 1. The van der Waals surface area contributed by atoms with Crippen LogP contribution >= 0.6 is 0 Å². The maximum Gasteiger partial charge on any atom is 0.257 e. The van der Waals surface area contributed by atoms with Crippen molar-refractivity contribution in [3.8, 4) is 0 Å². The van der Waals surface area contributed by atoms with Crippen LogP contribution in [0.2, 0.25) is 0 Å². The summed E-state index contributed by atoms with van der Waals surface area (Å²) in [6.45, 7) is 10.6. The molecule has 0 saturated heterocycles. The van der Waals surface area contributed by atoms with Crippen LogP contribution in [-0.4, -0.2) is 16.9 Å². The standard InChI is InChI=1S/C19H25N3O/c1-13(2)21-17-10-14(11-20-12-17)18(23)22-16-8-6-15(7-9-16)19(3,4)5/h6-13,21H,1-5H3,(H,22,23). The highest BCUT2D eigenvalue weighted by molar-refractivity contribution is 6.04. The second-order valence-electron chi connectivity index (χ2n) is 7.04. The fourth-order valence-electron chi connectivity index (χ4n) is 2.23. The largest absolute Gasteiger partial charge is 0.382 e. The third kappa shape index (κ3) is 4.81. The van der Waals surface area contributed by atoms with Gasteiger partial charge in [-0.05, 0) is 43.0 Å². The first-order chi connectivity index (χ1) is 10.8. The van der Waals surface area contributed by atoms with Gasteiger partial charge in [0.15, 0.2) is 0 Å². The lowest BCUT2D eigenvalue weighted by Crippen LogP contribution is -2.15. The summed E-state index contributed by atoms with van der Waals surface area (Å²) in [7, 11) is 0. The van der Waals surface area contributed by atoms with Gasteiger partial charge in [-0.25, -0.2) is 0 Å². The molecule has 0 aliphatic heterocycles. The lowest BCUT2D eigenvalue weighted by Gasteiger charge is -2.19. The van der Waals surface area contributed by atoms with Gasteiger partial charge in [0.1, 0.15) is 0 Å². The number of pyridine rings is 1. The smallest absolute Gasteiger partial charge is 0.257 e. The molecule has 0 aliphatic carbocycles. The van der Waals surface area contributed by atoms with Crippen LogP contribution < -0.4 is 10.6 Å². The van der Waals surface area contributed by atoms with E-state index in [4.69, 9.17) is 0 Å². The van der Waals surface area contributed by atoms with E-state index in [1.54, 1.807) is 12.4 Å². The van der Waals surface area contributed by atoms with Crippen molar-refractivity contribution in [3.05, 3.63) is 53.9 Å². The van der Waals surface area contributed by atoms with Crippen LogP contribution in [0.25, 0.3) is 0 Å². The summed E-state index contributed by atoms with van der Waals surface area (Å²) in [5.74, 6) is -0.159. The summed E-state index contributed by atoms with van der Waals surface area (Å²) in [6, 6.07) is 10.1. The van der Waals surface area contributed by atoms with Gasteiger partial charge >= 0.3 is 0 Å². The van der Waals surface area contributed by atoms with Crippen LogP contribution in [0.3, 0.4) is 0 Å². The van der Waals surface area contributed by atoms with Gasteiger partial charge in [0, 0.05) is 24.1 Å². The Kier molecular flexibility index (Phi) is 5.04. The molecule has 1 heterocycles. The lowest BCUT2D eigenvalue weighted by molar-refractivity contribution is 0.102. The van der Waals surface area contributed by atoms with Crippen LogP contribution in [0.15, 0.2) is 42.7 Å². The minimum Gasteiger partial charge on any atom is -0.382 e. The third-order valence-electron chi connectivity index (χ3n) is 3.46. The fraction of sp³-hybridized carbons (Fsp3) is 0.368. The Bertz CT molecular complexity index is 670. The maximum absolute atomic E-state index is 12.4. The number of aromatic nitrogens is 1. The second kappa shape index (κ2) is 6.82. The predicted octanol–water partition coefficient (Wildman–Crippen LogP) is 4.45. The molecule has 0 atom stereocenters. The van der Waals surface area contributed by atoms with Crippen molar-refractivity contribution in [3.63, 3.8) is 0 Å². The van der Waals surface area contributed by atoms with Crippen molar-refractivity contribution < 1.29 is 4.79 Å². The van der Waals surface area contributed by atoms with Crippen molar-refractivity contribution >= 4 is 17.3 Å². The normalized spacial score (nSPS) is 11.4. The molecule has 2 rings (SSSR count). The zero-order valence-electron chi connectivity index (χ0n) is 14.5. The highest BCUT2D eigenvalue weighted by Crippen LogP contribution is 2.23. The highest BCUT2D eigenvalue weighted by Gasteiger charge is 2.13. The number of hydrogen-bond donors (Lipinski definition) is 2. The van der Waals surface area contributed by atoms with Crippen molar-refractivity contribution in [2.75, 3.05) is 10.6 Å². The van der Waals surface area contributed by atoms with E-state index in [0.29, 0.717) is 11.6 Å². The van der Waals surface area contributed by atoms with Gasteiger partial charge in [-0.1, -0.05) is 32.9 Å². The van der Waals surface area contributed by atoms with E-state index < -0.39 is 0 Å². The van der Waals surface area contributed by atoms with Gasteiger partial charge in [0.2, 0.25) is 0 Å². The molecule has 0 aliphatic rings. The molecule has 1 amide bonds. The summed E-state index contributed by atoms with van der Waals surface area (Å²) < 4.78 is 0. The van der Waals surface area contributed by atoms with E-state index in [9.17, 15) is 4.79 Å². The van der Waals surface area contributed by atoms with Crippen LogP contribution in [0, 0.1) is 0 Å². The Labute approximate surface area is 138 Å². The van der Waals surface area contributed by atoms with Gasteiger partial charge in [-0.3, -0.25) is 9.78 Å². The summed E-state index contributed by atoms with van der Waals surface area (Å²) in [4.78, 5) is 16.5. The minimum absolute atomic E-state index is 0.101. The predicted molar refractivity (Wildman–Crippen MR) is 96.1 cm³/mol. The average molecular weight is 311 g/mol. The maximum atomic E-state index is 12.4. The molecule has 4 heteroatoms. The number of nitrogens with one attached hydrogen (secondary N) is 2. The quantitative estimate of drug-likeness (QED) is 0.877. The van der Waals surface area contributed by atoms with E-state index in [1.807, 2.05) is 44.2 Å². The zero-order valence-corrected chi connectivity index (χ0v) is 14.5. The van der Waals surface area contributed by atoms with Crippen LogP contribution in [0.4, 0.5) is 11.4 Å². The molecule has 122 valence electrons. The molecular formula is C19H25N3O. The molecule has 4 nitrogen and oxygen atoms in total. The van der Waals surface area contributed by atoms with E-state index in [0.717, 1.165) is 11.4 Å². The molecular weight excluding hydrogens is 286 g/mol. The molecule has 23 heavy (non-hydrogen) atoms. The Morgan fingerprint density at radius 1 is 1.04 bits per heavy atom. The van der Waals surface area contributed by atoms with E-state index in [2.05, 4.69) is 36.4 Å². The van der Waals surface area contributed by atoms with Crippen LogP contribution in [0.5, 0.6) is 0 Å². The lowest BCUT2D eigenvalue weighted by atomic mass is 9.87. The fourth-order valence-corrected chi connectivity index (χ4v) is 2.23. The Morgan fingerprint density at radius 2 is 1.70 bits per heavy atom. The Hall–Kier alpha value is -2.36. The zero-order chi connectivity index (χ0) is 17.0. The number of hydrogen-bond acceptors (Lipinski definition) is 3. The number of amides is 1. The molecule has 2 aromatic rings. The summed E-state index contributed by atoms with van der Waals surface area (Å²) in [5, 5.41) is 6.16. The molecule has 0 fully saturated rings. The summed E-state index contributed by atoms with van der Waals surface area (Å²) in [5.41, 5.74) is 3.50. The first kappa shape index (κ1) is 17.0. The van der Waals surface area contributed by atoms with Gasteiger partial charge < -0.3 is 10.6 Å². The average Bonchev–Trinajstić information content (AvgIpc) is 2.46. The number of benzene rings is 1. The number of nitrogens with zero attached hydrogens (tertiary/aromatic N) is 1. The molecule has 1 aromatic carbocycles. The highest BCUT2D eigenvalue weighted by atomic mass is 16.1. The summed E-state index contributed by atoms with van der Waals surface area (Å²) >= 11 is 0. The Morgan fingerprint density at radius 3 is 2.26 bits per heavy atom. The number of carbonyl (C=O) groups excluding carboxylic acids is 1. The molecule has 2 N–H and O–H groups in total. The summed E-state index contributed by atoms with van der Waals surface area (Å²) in [6.07, 6.45) is 3.29. The molecule has 0 saturated carbocycles. The first-order valence-corrected chi connectivity index (χ1v) is 7.89. The van der Waals surface area contributed by atoms with Gasteiger partial charge in [-0.2, -0.15) is 0 Å². The number of anilines is 2. The number of rotatable bonds is 4. The second-order valence-corrected chi connectivity index (χ2v) is 7.04. The van der Waals surface area contributed by atoms with Gasteiger partial charge in [0.25, 0.3) is 5.91 Å². The van der Waals surface area contributed by atoms with E-state index >= 15 is 0 Å². The van der Waals surface area contributed by atoms with Gasteiger partial charge in [-0.15, -0.1) is 0 Å². The van der Waals surface area contributed by atoms with E-state index in [-0.39, 0.29) is 11.3 Å². The van der Waals surface area contributed by atoms with Crippen molar-refractivity contribution in [2.45, 2.75) is 46.1 Å². The van der Waals surface area contributed by atoms with Crippen molar-refractivity contribution in [1.29, 1.82) is 0 Å². The Balaban J connectivity index is 2.10. The molecule has 1 aromatic heterocycles. The third-order valence-corrected chi connectivity index (χ3v) is 3.46. The molecule has 0 radical (unpaired) electrons. The topological polar surface area (TPSA) is 54.0 Å². The SMILES string of the molecule is CC(C)Nc1cncc(C(=O)Nc2ccc(C(C)(C)C)cc2)c1. The van der Waals surface area contributed by atoms with Crippen LogP contribution in [-0.2, 0) is 5.41 Å². The molecule has 0 spiro atoms. The van der Waals surface area contributed by atoms with Crippen molar-refractivity contribution in [1.82, 2.24) is 4.98 Å².